The molecule has 0 saturated carbocycles. The van der Waals surface area contributed by atoms with Gasteiger partial charge in [0, 0.05) is 47.6 Å². The lowest BCUT2D eigenvalue weighted by molar-refractivity contribution is 0.669. The number of hydrogen-bond acceptors (Lipinski definition) is 5. The van der Waals surface area contributed by atoms with Crippen LogP contribution in [0.1, 0.15) is 0 Å². The van der Waals surface area contributed by atoms with E-state index in [0.29, 0.717) is 17.5 Å². The third kappa shape index (κ3) is 3.71. The smallest absolute Gasteiger partial charge is 0.164 e. The third-order valence-corrected chi connectivity index (χ3v) is 9.03. The number of hydrogen-bond donors (Lipinski definition) is 0. The molecule has 0 unspecified atom stereocenters. The van der Waals surface area contributed by atoms with Gasteiger partial charge in [-0.1, -0.05) is 84.9 Å². The standard InChI is InChI=1S/C37H21N3OS/c1-2-8-22(9-3-1)35-38-36(40-37(39-35)26-14-16-28-27-12-6-7-13-33(27)42-34(28)21-26)25-15-17-31-29(19-25)30-18-23-10-4-5-11-24(23)20-32(30)41-31/h1-21H. The first kappa shape index (κ1) is 23.3. The second-order valence-corrected chi connectivity index (χ2v) is 11.6. The summed E-state index contributed by atoms with van der Waals surface area (Å²) in [5.41, 5.74) is 4.56. The Morgan fingerprint density at radius 2 is 1.02 bits per heavy atom. The molecule has 9 aromatic rings. The van der Waals surface area contributed by atoms with Gasteiger partial charge in [0.25, 0.3) is 0 Å². The number of furan rings is 1. The van der Waals surface area contributed by atoms with Crippen LogP contribution < -0.4 is 0 Å². The van der Waals surface area contributed by atoms with Crippen LogP contribution in [0.3, 0.4) is 0 Å². The van der Waals surface area contributed by atoms with Crippen molar-refractivity contribution < 1.29 is 4.42 Å². The Kier molecular flexibility index (Phi) is 5.03. The summed E-state index contributed by atoms with van der Waals surface area (Å²) in [5, 5.41) is 7.00. The minimum absolute atomic E-state index is 0.632. The molecule has 4 nitrogen and oxygen atoms in total. The topological polar surface area (TPSA) is 51.8 Å². The Bertz CT molecular complexity index is 2480. The van der Waals surface area contributed by atoms with E-state index in [9.17, 15) is 0 Å². The van der Waals surface area contributed by atoms with E-state index < -0.39 is 0 Å². The molecule has 3 aromatic heterocycles. The van der Waals surface area contributed by atoms with Crippen molar-refractivity contribution in [3.8, 4) is 34.2 Å². The number of thiophene rings is 1. The SMILES string of the molecule is c1ccc(-c2nc(-c3ccc4c(c3)sc3ccccc34)nc(-c3ccc4oc5cc6ccccc6cc5c4c3)n2)cc1. The zero-order valence-electron chi connectivity index (χ0n) is 22.3. The molecule has 42 heavy (non-hydrogen) atoms. The highest BCUT2D eigenvalue weighted by Gasteiger charge is 2.16. The highest BCUT2D eigenvalue weighted by atomic mass is 32.1. The van der Waals surface area contributed by atoms with Crippen LogP contribution in [0.15, 0.2) is 132 Å². The van der Waals surface area contributed by atoms with Gasteiger partial charge in [0.1, 0.15) is 11.2 Å². The van der Waals surface area contributed by atoms with Crippen LogP contribution in [0.2, 0.25) is 0 Å². The van der Waals surface area contributed by atoms with Crippen molar-refractivity contribution in [2.24, 2.45) is 0 Å². The maximum Gasteiger partial charge on any atom is 0.164 e. The predicted molar refractivity (Wildman–Crippen MR) is 174 cm³/mol. The number of fused-ring (bicyclic) bond motifs is 7. The van der Waals surface area contributed by atoms with E-state index in [-0.39, 0.29) is 0 Å². The molecule has 6 aromatic carbocycles. The van der Waals surface area contributed by atoms with Gasteiger partial charge in [-0.25, -0.2) is 15.0 Å². The minimum atomic E-state index is 0.632. The van der Waals surface area contributed by atoms with Crippen molar-refractivity contribution in [3.05, 3.63) is 127 Å². The molecule has 3 heterocycles. The highest BCUT2D eigenvalue weighted by molar-refractivity contribution is 7.25. The largest absolute Gasteiger partial charge is 0.456 e. The maximum absolute atomic E-state index is 6.25. The Labute approximate surface area is 244 Å². The molecule has 0 fully saturated rings. The van der Waals surface area contributed by atoms with E-state index in [2.05, 4.69) is 84.9 Å². The molecule has 0 aliphatic carbocycles. The van der Waals surface area contributed by atoms with Crippen molar-refractivity contribution in [2.75, 3.05) is 0 Å². The van der Waals surface area contributed by atoms with Gasteiger partial charge in [-0.05, 0) is 53.2 Å². The number of nitrogens with zero attached hydrogens (tertiary/aromatic N) is 3. The van der Waals surface area contributed by atoms with Gasteiger partial charge in [-0.3, -0.25) is 0 Å². The van der Waals surface area contributed by atoms with Crippen LogP contribution in [0.4, 0.5) is 0 Å². The van der Waals surface area contributed by atoms with E-state index in [1.165, 1.54) is 25.6 Å². The zero-order chi connectivity index (χ0) is 27.6. The quantitative estimate of drug-likeness (QED) is 0.218. The fraction of sp³-hybridized carbons (Fsp3) is 0. The molecule has 0 N–H and O–H groups in total. The lowest BCUT2D eigenvalue weighted by Crippen LogP contribution is -2.00. The Balaban J connectivity index is 1.25. The van der Waals surface area contributed by atoms with Gasteiger partial charge in [-0.15, -0.1) is 11.3 Å². The first-order chi connectivity index (χ1) is 20.8. The molecule has 0 aliphatic heterocycles. The Hall–Kier alpha value is -5.39. The fourth-order valence-corrected chi connectivity index (χ4v) is 6.96. The van der Waals surface area contributed by atoms with Crippen molar-refractivity contribution in [1.29, 1.82) is 0 Å². The predicted octanol–water partition coefficient (Wildman–Crippen LogP) is 10.3. The van der Waals surface area contributed by atoms with Gasteiger partial charge >= 0.3 is 0 Å². The summed E-state index contributed by atoms with van der Waals surface area (Å²) in [4.78, 5) is 15.0. The molecule has 0 saturated heterocycles. The molecular weight excluding hydrogens is 534 g/mol. The van der Waals surface area contributed by atoms with Crippen molar-refractivity contribution in [2.45, 2.75) is 0 Å². The van der Waals surface area contributed by atoms with Crippen molar-refractivity contribution in [3.63, 3.8) is 0 Å². The summed E-state index contributed by atoms with van der Waals surface area (Å²) < 4.78 is 8.75. The Morgan fingerprint density at radius 3 is 1.86 bits per heavy atom. The average molecular weight is 556 g/mol. The van der Waals surface area contributed by atoms with Crippen LogP contribution in [-0.4, -0.2) is 15.0 Å². The molecule has 196 valence electrons. The molecule has 0 spiro atoms. The monoisotopic (exact) mass is 555 g/mol. The molecule has 0 amide bonds. The summed E-state index contributed by atoms with van der Waals surface area (Å²) in [5.74, 6) is 1.93. The minimum Gasteiger partial charge on any atom is -0.456 e. The van der Waals surface area contributed by atoms with Gasteiger partial charge in [0.05, 0.1) is 0 Å². The molecule has 0 aliphatic rings. The van der Waals surface area contributed by atoms with Crippen LogP contribution in [0.5, 0.6) is 0 Å². The summed E-state index contributed by atoms with van der Waals surface area (Å²) in [6.45, 7) is 0. The fourth-order valence-electron chi connectivity index (χ4n) is 5.82. The van der Waals surface area contributed by atoms with Crippen molar-refractivity contribution in [1.82, 2.24) is 15.0 Å². The van der Waals surface area contributed by atoms with Gasteiger partial charge < -0.3 is 4.42 Å². The summed E-state index contributed by atoms with van der Waals surface area (Å²) in [7, 11) is 0. The second-order valence-electron chi connectivity index (χ2n) is 10.5. The lowest BCUT2D eigenvalue weighted by Gasteiger charge is -2.09. The summed E-state index contributed by atoms with van der Waals surface area (Å²) in [6, 6.07) is 44.0. The van der Waals surface area contributed by atoms with Gasteiger partial charge in [-0.2, -0.15) is 0 Å². The van der Waals surface area contributed by atoms with Gasteiger partial charge in [0.15, 0.2) is 17.5 Å². The van der Waals surface area contributed by atoms with Crippen molar-refractivity contribution >= 4 is 64.2 Å². The first-order valence-corrected chi connectivity index (χ1v) is 14.7. The highest BCUT2D eigenvalue weighted by Crippen LogP contribution is 2.37. The van der Waals surface area contributed by atoms with Crippen LogP contribution in [0, 0.1) is 0 Å². The third-order valence-electron chi connectivity index (χ3n) is 7.90. The average Bonchev–Trinajstić information content (AvgIpc) is 3.60. The number of aromatic nitrogens is 3. The van der Waals surface area contributed by atoms with Crippen LogP contribution in [0.25, 0.3) is 87.0 Å². The van der Waals surface area contributed by atoms with Gasteiger partial charge in [0.2, 0.25) is 0 Å². The lowest BCUT2D eigenvalue weighted by atomic mass is 10.0. The zero-order valence-corrected chi connectivity index (χ0v) is 23.1. The van der Waals surface area contributed by atoms with E-state index in [1.807, 2.05) is 42.5 Å². The normalized spacial score (nSPS) is 11.8. The summed E-state index contributed by atoms with van der Waals surface area (Å²) in [6.07, 6.45) is 0. The maximum atomic E-state index is 6.25. The molecule has 0 radical (unpaired) electrons. The molecule has 9 rings (SSSR count). The second kappa shape index (κ2) is 9.06. The first-order valence-electron chi connectivity index (χ1n) is 13.9. The molecule has 0 bridgehead atoms. The van der Waals surface area contributed by atoms with E-state index in [1.54, 1.807) is 11.3 Å². The van der Waals surface area contributed by atoms with Crippen LogP contribution >= 0.6 is 11.3 Å². The molecular formula is C37H21N3OS. The van der Waals surface area contributed by atoms with E-state index in [0.717, 1.165) is 44.0 Å². The molecule has 5 heteroatoms. The number of rotatable bonds is 3. The van der Waals surface area contributed by atoms with Crippen LogP contribution in [-0.2, 0) is 0 Å². The Morgan fingerprint density at radius 1 is 0.405 bits per heavy atom. The van der Waals surface area contributed by atoms with E-state index >= 15 is 0 Å². The summed E-state index contributed by atoms with van der Waals surface area (Å²) >= 11 is 1.79. The van der Waals surface area contributed by atoms with E-state index in [4.69, 9.17) is 19.4 Å². The molecule has 0 atom stereocenters. The number of benzene rings is 6.